The fraction of sp³-hybridized carbons (Fsp3) is 0.688. The van der Waals surface area contributed by atoms with Gasteiger partial charge in [-0.25, -0.2) is 9.97 Å². The van der Waals surface area contributed by atoms with Gasteiger partial charge in [-0.3, -0.25) is 4.79 Å². The number of nitrogens with zero attached hydrogens (tertiary/aromatic N) is 3. The fourth-order valence-corrected chi connectivity index (χ4v) is 2.38. The second-order valence-electron chi connectivity index (χ2n) is 5.64. The summed E-state index contributed by atoms with van der Waals surface area (Å²) < 4.78 is 0. The highest BCUT2D eigenvalue weighted by atomic mass is 16.2. The summed E-state index contributed by atoms with van der Waals surface area (Å²) in [4.78, 5) is 23.2. The van der Waals surface area contributed by atoms with Gasteiger partial charge in [0.15, 0.2) is 0 Å². The van der Waals surface area contributed by atoms with Crippen LogP contribution in [0.2, 0.25) is 0 Å². The molecule has 21 heavy (non-hydrogen) atoms. The highest BCUT2D eigenvalue weighted by Gasteiger charge is 2.24. The second kappa shape index (κ2) is 8.60. The lowest BCUT2D eigenvalue weighted by Gasteiger charge is -2.31. The average molecular weight is 292 g/mol. The first-order valence-corrected chi connectivity index (χ1v) is 7.90. The van der Waals surface area contributed by atoms with E-state index in [9.17, 15) is 4.79 Å². The Kier molecular flexibility index (Phi) is 7.12. The number of rotatable bonds is 8. The normalized spacial score (nSPS) is 11.0. The largest absolute Gasteiger partial charge is 0.369 e. The van der Waals surface area contributed by atoms with E-state index in [1.807, 2.05) is 11.8 Å². The van der Waals surface area contributed by atoms with Gasteiger partial charge in [-0.2, -0.15) is 0 Å². The Bertz CT molecular complexity index is 426. The summed E-state index contributed by atoms with van der Waals surface area (Å²) in [7, 11) is 0. The zero-order valence-electron chi connectivity index (χ0n) is 13.9. The van der Waals surface area contributed by atoms with Crippen molar-refractivity contribution in [3.05, 3.63) is 18.1 Å². The summed E-state index contributed by atoms with van der Waals surface area (Å²) in [5.74, 6) is 1.11. The van der Waals surface area contributed by atoms with Gasteiger partial charge >= 0.3 is 0 Å². The molecule has 0 aliphatic heterocycles. The van der Waals surface area contributed by atoms with Gasteiger partial charge < -0.3 is 10.2 Å². The molecule has 1 amide bonds. The van der Waals surface area contributed by atoms with E-state index in [-0.39, 0.29) is 11.9 Å². The lowest BCUT2D eigenvalue weighted by molar-refractivity contribution is 0.0634. The van der Waals surface area contributed by atoms with Crippen molar-refractivity contribution in [2.75, 3.05) is 18.4 Å². The van der Waals surface area contributed by atoms with Crippen LogP contribution in [0, 0.1) is 5.92 Å². The van der Waals surface area contributed by atoms with E-state index in [1.165, 1.54) is 0 Å². The molecule has 0 unspecified atom stereocenters. The van der Waals surface area contributed by atoms with E-state index in [1.54, 1.807) is 12.4 Å². The predicted molar refractivity (Wildman–Crippen MR) is 86.4 cm³/mol. The molecule has 0 bridgehead atoms. The van der Waals surface area contributed by atoms with Gasteiger partial charge in [0.25, 0.3) is 5.91 Å². The smallest absolute Gasteiger partial charge is 0.274 e. The van der Waals surface area contributed by atoms with Crippen LogP contribution in [-0.2, 0) is 0 Å². The quantitative estimate of drug-likeness (QED) is 0.799. The van der Waals surface area contributed by atoms with Crippen LogP contribution in [0.3, 0.4) is 0 Å². The topological polar surface area (TPSA) is 58.1 Å². The minimum absolute atomic E-state index is 0.0204. The number of aromatic nitrogens is 2. The summed E-state index contributed by atoms with van der Waals surface area (Å²) in [6, 6.07) is 0.259. The Labute approximate surface area is 128 Å². The number of carbonyl (C=O) groups excluding carboxylic acids is 1. The van der Waals surface area contributed by atoms with Crippen molar-refractivity contribution in [3.63, 3.8) is 0 Å². The number of amides is 1. The van der Waals surface area contributed by atoms with Crippen molar-refractivity contribution in [1.29, 1.82) is 0 Å². The standard InChI is InChI=1S/C16H28N4O/c1-6-13(7-2)20(11-12(4)5)16(21)14-9-19-15(10-18-14)17-8-3/h9-10,12-13H,6-8,11H2,1-5H3,(H,17,19). The molecule has 5 nitrogen and oxygen atoms in total. The molecule has 0 aliphatic rings. The van der Waals surface area contributed by atoms with Crippen LogP contribution in [-0.4, -0.2) is 39.9 Å². The van der Waals surface area contributed by atoms with E-state index in [4.69, 9.17) is 0 Å². The van der Waals surface area contributed by atoms with Crippen molar-refractivity contribution in [2.24, 2.45) is 5.92 Å². The molecule has 118 valence electrons. The number of anilines is 1. The van der Waals surface area contributed by atoms with E-state index < -0.39 is 0 Å². The minimum atomic E-state index is -0.0204. The summed E-state index contributed by atoms with van der Waals surface area (Å²) >= 11 is 0. The van der Waals surface area contributed by atoms with Crippen molar-refractivity contribution in [1.82, 2.24) is 14.9 Å². The lowest BCUT2D eigenvalue weighted by atomic mass is 10.1. The third kappa shape index (κ3) is 4.99. The molecule has 1 N–H and O–H groups in total. The molecule has 0 aromatic carbocycles. The molecule has 5 heteroatoms. The van der Waals surface area contributed by atoms with Gasteiger partial charge in [0.2, 0.25) is 0 Å². The number of carbonyl (C=O) groups is 1. The van der Waals surface area contributed by atoms with Crippen LogP contribution < -0.4 is 5.32 Å². The minimum Gasteiger partial charge on any atom is -0.369 e. The molecule has 0 fully saturated rings. The Balaban J connectivity index is 2.92. The predicted octanol–water partition coefficient (Wildman–Crippen LogP) is 3.20. The molecule has 1 aromatic rings. The molecule has 0 saturated carbocycles. The molecular formula is C16H28N4O. The third-order valence-electron chi connectivity index (χ3n) is 3.43. The maximum absolute atomic E-state index is 12.7. The monoisotopic (exact) mass is 292 g/mol. The van der Waals surface area contributed by atoms with Crippen LogP contribution in [0.15, 0.2) is 12.4 Å². The molecule has 0 radical (unpaired) electrons. The van der Waals surface area contributed by atoms with Gasteiger partial charge in [-0.1, -0.05) is 27.7 Å². The summed E-state index contributed by atoms with van der Waals surface area (Å²) in [5, 5.41) is 3.08. The average Bonchev–Trinajstić information content (AvgIpc) is 2.47. The first kappa shape index (κ1) is 17.4. The van der Waals surface area contributed by atoms with E-state index in [0.29, 0.717) is 17.4 Å². The third-order valence-corrected chi connectivity index (χ3v) is 3.43. The second-order valence-corrected chi connectivity index (χ2v) is 5.64. The number of nitrogens with one attached hydrogen (secondary N) is 1. The Morgan fingerprint density at radius 2 is 1.86 bits per heavy atom. The van der Waals surface area contributed by atoms with Gasteiger partial charge in [0, 0.05) is 19.1 Å². The van der Waals surface area contributed by atoms with Gasteiger partial charge in [0.05, 0.1) is 12.4 Å². The summed E-state index contributed by atoms with van der Waals surface area (Å²) in [5.41, 5.74) is 0.421. The zero-order chi connectivity index (χ0) is 15.8. The Morgan fingerprint density at radius 1 is 1.19 bits per heavy atom. The van der Waals surface area contributed by atoms with Crippen molar-refractivity contribution in [2.45, 2.75) is 53.5 Å². The highest BCUT2D eigenvalue weighted by molar-refractivity contribution is 5.92. The molecule has 1 aromatic heterocycles. The lowest BCUT2D eigenvalue weighted by Crippen LogP contribution is -2.42. The molecular weight excluding hydrogens is 264 g/mol. The number of hydrogen-bond acceptors (Lipinski definition) is 4. The van der Waals surface area contributed by atoms with Crippen LogP contribution >= 0.6 is 0 Å². The molecule has 0 spiro atoms. The molecule has 0 aliphatic carbocycles. The molecule has 1 heterocycles. The first-order chi connectivity index (χ1) is 10.0. The summed E-state index contributed by atoms with van der Waals surface area (Å²) in [6.45, 7) is 12.0. The van der Waals surface area contributed by atoms with Crippen molar-refractivity contribution >= 4 is 11.7 Å². The zero-order valence-corrected chi connectivity index (χ0v) is 13.9. The van der Waals surface area contributed by atoms with Gasteiger partial charge in [-0.05, 0) is 25.7 Å². The Morgan fingerprint density at radius 3 is 2.29 bits per heavy atom. The highest BCUT2D eigenvalue weighted by Crippen LogP contribution is 2.15. The summed E-state index contributed by atoms with van der Waals surface area (Å²) in [6.07, 6.45) is 5.10. The maximum atomic E-state index is 12.7. The van der Waals surface area contributed by atoms with Gasteiger partial charge in [-0.15, -0.1) is 0 Å². The molecule has 0 atom stereocenters. The van der Waals surface area contributed by atoms with E-state index in [2.05, 4.69) is 43.0 Å². The van der Waals surface area contributed by atoms with Crippen LogP contribution in [0.1, 0.15) is 57.9 Å². The Hall–Kier alpha value is -1.65. The van der Waals surface area contributed by atoms with Crippen LogP contribution in [0.25, 0.3) is 0 Å². The number of hydrogen-bond donors (Lipinski definition) is 1. The van der Waals surface area contributed by atoms with Gasteiger partial charge in [0.1, 0.15) is 11.5 Å². The molecule has 0 saturated heterocycles. The SMILES string of the molecule is CCNc1cnc(C(=O)N(CC(C)C)C(CC)CC)cn1. The van der Waals surface area contributed by atoms with E-state index in [0.717, 1.165) is 25.9 Å². The molecule has 1 rings (SSSR count). The van der Waals surface area contributed by atoms with Crippen molar-refractivity contribution in [3.8, 4) is 0 Å². The van der Waals surface area contributed by atoms with Crippen LogP contribution in [0.4, 0.5) is 5.82 Å². The first-order valence-electron chi connectivity index (χ1n) is 7.90. The van der Waals surface area contributed by atoms with Crippen molar-refractivity contribution < 1.29 is 4.79 Å². The van der Waals surface area contributed by atoms with E-state index >= 15 is 0 Å². The fourth-order valence-electron chi connectivity index (χ4n) is 2.38. The van der Waals surface area contributed by atoms with Crippen LogP contribution in [0.5, 0.6) is 0 Å². The maximum Gasteiger partial charge on any atom is 0.274 e.